The Bertz CT molecular complexity index is 687. The number of benzene rings is 1. The molecule has 1 aliphatic heterocycles. The fraction of sp³-hybridized carbons (Fsp3) is 0.400. The van der Waals surface area contributed by atoms with Crippen molar-refractivity contribution in [3.63, 3.8) is 0 Å². The maximum atomic E-state index is 5.95. The van der Waals surface area contributed by atoms with Gasteiger partial charge in [-0.3, -0.25) is 4.98 Å². The number of rotatable bonds is 6. The summed E-state index contributed by atoms with van der Waals surface area (Å²) in [6, 6.07) is 12.4. The number of aryl methyl sites for hydroxylation is 1. The number of pyridine rings is 1. The first kappa shape index (κ1) is 17.3. The fourth-order valence-electron chi connectivity index (χ4n) is 2.86. The van der Waals surface area contributed by atoms with Gasteiger partial charge in [-0.15, -0.1) is 0 Å². The summed E-state index contributed by atoms with van der Waals surface area (Å²) in [5.74, 6) is 1.83. The van der Waals surface area contributed by atoms with E-state index in [1.54, 1.807) is 0 Å². The molecule has 0 amide bonds. The zero-order valence-corrected chi connectivity index (χ0v) is 15.0. The van der Waals surface area contributed by atoms with E-state index in [9.17, 15) is 0 Å². The Hall–Kier alpha value is -2.56. The first-order valence-corrected chi connectivity index (χ1v) is 8.93. The molecule has 0 radical (unpaired) electrons. The lowest BCUT2D eigenvalue weighted by atomic mass is 10.1. The maximum absolute atomic E-state index is 5.95. The molecule has 2 aromatic rings. The van der Waals surface area contributed by atoms with Crippen LogP contribution >= 0.6 is 0 Å². The third kappa shape index (κ3) is 4.95. The van der Waals surface area contributed by atoms with Crippen LogP contribution in [-0.2, 0) is 12.8 Å². The molecule has 2 N–H and O–H groups in total. The molecule has 0 spiro atoms. The van der Waals surface area contributed by atoms with Crippen molar-refractivity contribution >= 4 is 5.96 Å². The average molecular weight is 338 g/mol. The largest absolute Gasteiger partial charge is 0.488 e. The van der Waals surface area contributed by atoms with Crippen molar-refractivity contribution in [2.45, 2.75) is 32.8 Å². The molecule has 1 aromatic heterocycles. The van der Waals surface area contributed by atoms with Crippen LogP contribution in [0.4, 0.5) is 0 Å². The van der Waals surface area contributed by atoms with Gasteiger partial charge in [0.25, 0.3) is 0 Å². The summed E-state index contributed by atoms with van der Waals surface area (Å²) in [4.78, 5) is 9.01. The van der Waals surface area contributed by atoms with Crippen molar-refractivity contribution in [1.29, 1.82) is 0 Å². The van der Waals surface area contributed by atoms with Gasteiger partial charge in [-0.2, -0.15) is 0 Å². The van der Waals surface area contributed by atoms with Crippen LogP contribution in [-0.4, -0.2) is 36.7 Å². The Kier molecular flexibility index (Phi) is 5.88. The predicted octanol–water partition coefficient (Wildman–Crippen LogP) is 2.49. The molecule has 1 unspecified atom stereocenters. The Morgan fingerprint density at radius 2 is 2.12 bits per heavy atom. The maximum Gasteiger partial charge on any atom is 0.191 e. The lowest BCUT2D eigenvalue weighted by Gasteiger charge is -2.13. The number of nitrogens with one attached hydrogen (secondary N) is 2. The molecule has 0 saturated heterocycles. The van der Waals surface area contributed by atoms with E-state index in [1.807, 2.05) is 31.3 Å². The van der Waals surface area contributed by atoms with Gasteiger partial charge in [0.1, 0.15) is 11.9 Å². The Labute approximate surface area is 149 Å². The van der Waals surface area contributed by atoms with Crippen molar-refractivity contribution in [3.8, 4) is 5.75 Å². The normalized spacial score (nSPS) is 16.2. The van der Waals surface area contributed by atoms with E-state index in [1.165, 1.54) is 11.1 Å². The Balaban J connectivity index is 1.49. The smallest absolute Gasteiger partial charge is 0.191 e. The first-order valence-electron chi connectivity index (χ1n) is 8.93. The lowest BCUT2D eigenvalue weighted by molar-refractivity contribution is 0.241. The van der Waals surface area contributed by atoms with E-state index in [0.717, 1.165) is 43.3 Å². The summed E-state index contributed by atoms with van der Waals surface area (Å²) >= 11 is 0. The van der Waals surface area contributed by atoms with Crippen LogP contribution in [0.25, 0.3) is 0 Å². The second-order valence-electron chi connectivity index (χ2n) is 6.26. The average Bonchev–Trinajstić information content (AvgIpc) is 3.04. The van der Waals surface area contributed by atoms with Gasteiger partial charge in [0.2, 0.25) is 0 Å². The van der Waals surface area contributed by atoms with E-state index in [2.05, 4.69) is 45.7 Å². The van der Waals surface area contributed by atoms with Crippen LogP contribution in [0.15, 0.2) is 47.6 Å². The highest BCUT2D eigenvalue weighted by molar-refractivity contribution is 5.79. The third-order valence-corrected chi connectivity index (χ3v) is 4.19. The first-order chi connectivity index (χ1) is 12.2. The molecule has 2 heterocycles. The van der Waals surface area contributed by atoms with Crippen LogP contribution in [0.3, 0.4) is 0 Å². The van der Waals surface area contributed by atoms with Crippen molar-refractivity contribution < 1.29 is 4.74 Å². The molecule has 1 atom stereocenters. The van der Waals surface area contributed by atoms with Gasteiger partial charge in [0, 0.05) is 31.4 Å². The minimum absolute atomic E-state index is 0.120. The highest BCUT2D eigenvalue weighted by atomic mass is 16.5. The van der Waals surface area contributed by atoms with E-state index in [0.29, 0.717) is 6.54 Å². The summed E-state index contributed by atoms with van der Waals surface area (Å²) in [7, 11) is 0. The fourth-order valence-corrected chi connectivity index (χ4v) is 2.86. The predicted molar refractivity (Wildman–Crippen MR) is 101 cm³/mol. The van der Waals surface area contributed by atoms with Crippen LogP contribution in [0.5, 0.6) is 5.75 Å². The second kappa shape index (κ2) is 8.51. The molecule has 1 aromatic carbocycles. The molecule has 132 valence electrons. The van der Waals surface area contributed by atoms with Gasteiger partial charge in [0.15, 0.2) is 5.96 Å². The van der Waals surface area contributed by atoms with E-state index < -0.39 is 0 Å². The molecule has 0 saturated carbocycles. The number of hydrogen-bond donors (Lipinski definition) is 2. The molecule has 1 aliphatic rings. The third-order valence-electron chi connectivity index (χ3n) is 4.19. The standard InChI is InChI=1S/C20H26N4O/c1-3-21-20(22-11-10-16-9-8-15(2)23-13-16)24-14-18-12-17-6-4-5-7-19(17)25-18/h4-9,13,18H,3,10-12,14H2,1-2H3,(H2,21,22,24). The summed E-state index contributed by atoms with van der Waals surface area (Å²) in [5, 5.41) is 6.68. The zero-order chi connectivity index (χ0) is 17.5. The van der Waals surface area contributed by atoms with Gasteiger partial charge < -0.3 is 15.4 Å². The van der Waals surface area contributed by atoms with E-state index >= 15 is 0 Å². The minimum Gasteiger partial charge on any atom is -0.488 e. The van der Waals surface area contributed by atoms with Gasteiger partial charge in [-0.05, 0) is 43.5 Å². The van der Waals surface area contributed by atoms with Crippen molar-refractivity contribution in [3.05, 3.63) is 59.4 Å². The number of guanidine groups is 1. The summed E-state index contributed by atoms with van der Waals surface area (Å²) < 4.78 is 5.95. The van der Waals surface area contributed by atoms with Gasteiger partial charge >= 0.3 is 0 Å². The monoisotopic (exact) mass is 338 g/mol. The number of aliphatic imine (C=N–C) groups is 1. The molecule has 0 aliphatic carbocycles. The Morgan fingerprint density at radius 1 is 1.24 bits per heavy atom. The Morgan fingerprint density at radius 3 is 2.88 bits per heavy atom. The molecule has 25 heavy (non-hydrogen) atoms. The minimum atomic E-state index is 0.120. The molecule has 0 fully saturated rings. The summed E-state index contributed by atoms with van der Waals surface area (Å²) in [6.07, 6.45) is 3.90. The highest BCUT2D eigenvalue weighted by Gasteiger charge is 2.21. The summed E-state index contributed by atoms with van der Waals surface area (Å²) in [6.45, 7) is 6.38. The number of ether oxygens (including phenoxy) is 1. The number of nitrogens with zero attached hydrogens (tertiary/aromatic N) is 2. The van der Waals surface area contributed by atoms with Crippen molar-refractivity contribution in [2.75, 3.05) is 19.6 Å². The zero-order valence-electron chi connectivity index (χ0n) is 15.0. The molecule has 5 heteroatoms. The SMILES string of the molecule is CCNC(=NCC1Cc2ccccc2O1)NCCc1ccc(C)nc1. The summed E-state index contributed by atoms with van der Waals surface area (Å²) in [5.41, 5.74) is 3.54. The second-order valence-corrected chi connectivity index (χ2v) is 6.26. The van der Waals surface area contributed by atoms with Gasteiger partial charge in [0.05, 0.1) is 6.54 Å². The topological polar surface area (TPSA) is 58.5 Å². The number of para-hydroxylation sites is 1. The van der Waals surface area contributed by atoms with Crippen molar-refractivity contribution in [2.24, 2.45) is 4.99 Å². The van der Waals surface area contributed by atoms with Gasteiger partial charge in [-0.1, -0.05) is 24.3 Å². The van der Waals surface area contributed by atoms with Crippen LogP contribution in [0, 0.1) is 6.92 Å². The van der Waals surface area contributed by atoms with Crippen molar-refractivity contribution in [1.82, 2.24) is 15.6 Å². The van der Waals surface area contributed by atoms with Crippen LogP contribution in [0.1, 0.15) is 23.7 Å². The molecular formula is C20H26N4O. The lowest BCUT2D eigenvalue weighted by Crippen LogP contribution is -2.39. The number of aromatic nitrogens is 1. The molecule has 0 bridgehead atoms. The number of hydrogen-bond acceptors (Lipinski definition) is 3. The molecular weight excluding hydrogens is 312 g/mol. The van der Waals surface area contributed by atoms with E-state index in [4.69, 9.17) is 4.74 Å². The quantitative estimate of drug-likeness (QED) is 0.628. The molecule has 3 rings (SSSR count). The highest BCUT2D eigenvalue weighted by Crippen LogP contribution is 2.28. The van der Waals surface area contributed by atoms with Gasteiger partial charge in [-0.25, -0.2) is 4.99 Å². The van der Waals surface area contributed by atoms with E-state index in [-0.39, 0.29) is 6.10 Å². The van der Waals surface area contributed by atoms with Crippen LogP contribution < -0.4 is 15.4 Å². The number of fused-ring (bicyclic) bond motifs is 1. The molecule has 5 nitrogen and oxygen atoms in total. The van der Waals surface area contributed by atoms with Crippen LogP contribution in [0.2, 0.25) is 0 Å².